The first kappa shape index (κ1) is 12.9. The zero-order valence-corrected chi connectivity index (χ0v) is 12.3. The molecule has 1 saturated carbocycles. The van der Waals surface area contributed by atoms with Crippen molar-refractivity contribution in [3.8, 4) is 5.75 Å². The fourth-order valence-corrected chi connectivity index (χ4v) is 2.85. The number of rotatable bonds is 5. The lowest BCUT2D eigenvalue weighted by atomic mass is 10.0. The van der Waals surface area contributed by atoms with Crippen LogP contribution in [0.5, 0.6) is 5.75 Å². The van der Waals surface area contributed by atoms with Crippen LogP contribution in [0.25, 0.3) is 0 Å². The number of carboxylic acid groups (broad SMARTS) is 1. The van der Waals surface area contributed by atoms with Gasteiger partial charge in [0.2, 0.25) is 0 Å². The lowest BCUT2D eigenvalue weighted by Crippen LogP contribution is -2.17. The van der Waals surface area contributed by atoms with Gasteiger partial charge in [0.05, 0.1) is 17.5 Å². The largest absolute Gasteiger partial charge is 0.492 e. The second-order valence-electron chi connectivity index (χ2n) is 4.43. The molecular formula is C12H12Br2O3. The Labute approximate surface area is 116 Å². The van der Waals surface area contributed by atoms with Crippen molar-refractivity contribution in [2.75, 3.05) is 6.61 Å². The Morgan fingerprint density at radius 2 is 2.12 bits per heavy atom. The van der Waals surface area contributed by atoms with Crippen LogP contribution in [0.15, 0.2) is 27.1 Å². The Kier molecular flexibility index (Phi) is 3.78. The molecule has 1 aromatic rings. The summed E-state index contributed by atoms with van der Waals surface area (Å²) in [7, 11) is 0. The highest BCUT2D eigenvalue weighted by Gasteiger charge is 2.45. The van der Waals surface area contributed by atoms with Crippen molar-refractivity contribution < 1.29 is 14.6 Å². The van der Waals surface area contributed by atoms with E-state index in [9.17, 15) is 4.79 Å². The number of benzene rings is 1. The summed E-state index contributed by atoms with van der Waals surface area (Å²) in [6, 6.07) is 5.67. The summed E-state index contributed by atoms with van der Waals surface area (Å²) in [6.45, 7) is 0.472. The van der Waals surface area contributed by atoms with Gasteiger partial charge in [0, 0.05) is 9.89 Å². The zero-order valence-electron chi connectivity index (χ0n) is 9.08. The minimum absolute atomic E-state index is 0.141. The van der Waals surface area contributed by atoms with Crippen molar-refractivity contribution in [3.63, 3.8) is 0 Å². The summed E-state index contributed by atoms with van der Waals surface area (Å²) < 4.78 is 7.54. The van der Waals surface area contributed by atoms with Crippen LogP contribution in [0.4, 0.5) is 0 Å². The predicted molar refractivity (Wildman–Crippen MR) is 71.3 cm³/mol. The van der Waals surface area contributed by atoms with E-state index in [0.717, 1.165) is 27.5 Å². The first-order valence-electron chi connectivity index (χ1n) is 5.30. The SMILES string of the molecule is O=C(O)CC1(COc2ccc(Br)cc2Br)CC1. The highest BCUT2D eigenvalue weighted by Crippen LogP contribution is 2.49. The van der Waals surface area contributed by atoms with Crippen LogP contribution in [0.2, 0.25) is 0 Å². The number of carboxylic acids is 1. The predicted octanol–water partition coefficient (Wildman–Crippen LogP) is 3.85. The molecule has 3 nitrogen and oxygen atoms in total. The molecule has 0 bridgehead atoms. The van der Waals surface area contributed by atoms with Crippen LogP contribution in [0, 0.1) is 5.41 Å². The van der Waals surface area contributed by atoms with Gasteiger partial charge < -0.3 is 9.84 Å². The van der Waals surface area contributed by atoms with E-state index in [1.807, 2.05) is 18.2 Å². The molecule has 0 unspecified atom stereocenters. The Morgan fingerprint density at radius 1 is 1.41 bits per heavy atom. The molecule has 0 aliphatic heterocycles. The van der Waals surface area contributed by atoms with Gasteiger partial charge in [-0.05, 0) is 47.0 Å². The molecule has 1 N–H and O–H groups in total. The van der Waals surface area contributed by atoms with Gasteiger partial charge >= 0.3 is 5.97 Å². The monoisotopic (exact) mass is 362 g/mol. The molecule has 17 heavy (non-hydrogen) atoms. The first-order chi connectivity index (χ1) is 8.01. The maximum Gasteiger partial charge on any atom is 0.304 e. The normalized spacial score (nSPS) is 16.6. The molecule has 5 heteroatoms. The summed E-state index contributed by atoms with van der Waals surface area (Å²) in [6.07, 6.45) is 2.07. The summed E-state index contributed by atoms with van der Waals surface area (Å²) in [4.78, 5) is 10.7. The van der Waals surface area contributed by atoms with E-state index in [0.29, 0.717) is 6.61 Å². The molecule has 0 aromatic heterocycles. The average molecular weight is 364 g/mol. The van der Waals surface area contributed by atoms with Crippen LogP contribution in [0.3, 0.4) is 0 Å². The molecule has 0 radical (unpaired) electrons. The lowest BCUT2D eigenvalue weighted by Gasteiger charge is -2.15. The first-order valence-corrected chi connectivity index (χ1v) is 6.89. The van der Waals surface area contributed by atoms with E-state index in [1.165, 1.54) is 0 Å². The topological polar surface area (TPSA) is 46.5 Å². The Bertz CT molecular complexity index is 441. The van der Waals surface area contributed by atoms with E-state index >= 15 is 0 Å². The van der Waals surface area contributed by atoms with E-state index < -0.39 is 5.97 Å². The van der Waals surface area contributed by atoms with Crippen LogP contribution in [0.1, 0.15) is 19.3 Å². The van der Waals surface area contributed by atoms with E-state index in [-0.39, 0.29) is 11.8 Å². The van der Waals surface area contributed by atoms with Crippen molar-refractivity contribution in [1.29, 1.82) is 0 Å². The van der Waals surface area contributed by atoms with Gasteiger partial charge in [-0.3, -0.25) is 4.79 Å². The van der Waals surface area contributed by atoms with Gasteiger partial charge in [0.15, 0.2) is 0 Å². The smallest absolute Gasteiger partial charge is 0.304 e. The summed E-state index contributed by atoms with van der Waals surface area (Å²) in [5.74, 6) is 0.00540. The molecule has 0 saturated heterocycles. The Morgan fingerprint density at radius 3 is 2.65 bits per heavy atom. The van der Waals surface area contributed by atoms with Crippen molar-refractivity contribution in [2.24, 2.45) is 5.41 Å². The minimum atomic E-state index is -0.749. The molecule has 1 aliphatic rings. The van der Waals surface area contributed by atoms with Crippen molar-refractivity contribution in [2.45, 2.75) is 19.3 Å². The van der Waals surface area contributed by atoms with Crippen molar-refractivity contribution >= 4 is 37.8 Å². The highest BCUT2D eigenvalue weighted by molar-refractivity contribution is 9.11. The molecule has 92 valence electrons. The van der Waals surface area contributed by atoms with Gasteiger partial charge in [0.25, 0.3) is 0 Å². The summed E-state index contributed by atoms with van der Waals surface area (Å²) >= 11 is 6.78. The maximum absolute atomic E-state index is 10.7. The molecule has 2 rings (SSSR count). The summed E-state index contributed by atoms with van der Waals surface area (Å²) in [5.41, 5.74) is -0.141. The van der Waals surface area contributed by atoms with Gasteiger partial charge in [-0.15, -0.1) is 0 Å². The number of hydrogen-bond donors (Lipinski definition) is 1. The molecule has 0 amide bonds. The highest BCUT2D eigenvalue weighted by atomic mass is 79.9. The Balaban J connectivity index is 1.96. The number of ether oxygens (including phenoxy) is 1. The van der Waals surface area contributed by atoms with Gasteiger partial charge in [-0.25, -0.2) is 0 Å². The fraction of sp³-hybridized carbons (Fsp3) is 0.417. The molecule has 1 aliphatic carbocycles. The molecule has 1 fully saturated rings. The van der Waals surface area contributed by atoms with Crippen LogP contribution >= 0.6 is 31.9 Å². The van der Waals surface area contributed by atoms with Crippen LogP contribution in [-0.4, -0.2) is 17.7 Å². The number of hydrogen-bond acceptors (Lipinski definition) is 2. The molecule has 0 spiro atoms. The second kappa shape index (κ2) is 4.98. The average Bonchev–Trinajstić information content (AvgIpc) is 2.96. The van der Waals surface area contributed by atoms with E-state index in [2.05, 4.69) is 31.9 Å². The third-order valence-electron chi connectivity index (χ3n) is 2.91. The maximum atomic E-state index is 10.7. The number of halogens is 2. The lowest BCUT2D eigenvalue weighted by molar-refractivity contribution is -0.138. The van der Waals surface area contributed by atoms with Crippen molar-refractivity contribution in [1.82, 2.24) is 0 Å². The molecule has 0 heterocycles. The van der Waals surface area contributed by atoms with Crippen LogP contribution in [-0.2, 0) is 4.79 Å². The van der Waals surface area contributed by atoms with Gasteiger partial charge in [-0.1, -0.05) is 15.9 Å². The second-order valence-corrected chi connectivity index (χ2v) is 6.20. The quantitative estimate of drug-likeness (QED) is 0.864. The molecule has 0 atom stereocenters. The van der Waals surface area contributed by atoms with Crippen LogP contribution < -0.4 is 4.74 Å². The fourth-order valence-electron chi connectivity index (χ4n) is 1.69. The number of aliphatic carboxylic acids is 1. The molecule has 1 aromatic carbocycles. The zero-order chi connectivity index (χ0) is 12.5. The Hall–Kier alpha value is -0.550. The molecular weight excluding hydrogens is 352 g/mol. The van der Waals surface area contributed by atoms with Crippen molar-refractivity contribution in [3.05, 3.63) is 27.1 Å². The minimum Gasteiger partial charge on any atom is -0.492 e. The van der Waals surface area contributed by atoms with E-state index in [1.54, 1.807) is 0 Å². The van der Waals surface area contributed by atoms with Gasteiger partial charge in [-0.2, -0.15) is 0 Å². The summed E-state index contributed by atoms with van der Waals surface area (Å²) in [5, 5.41) is 8.81. The number of carbonyl (C=O) groups is 1. The third-order valence-corrected chi connectivity index (χ3v) is 4.02. The standard InChI is InChI=1S/C12H12Br2O3/c13-8-1-2-10(9(14)5-8)17-7-12(3-4-12)6-11(15)16/h1-2,5H,3-4,6-7H2,(H,15,16). The van der Waals surface area contributed by atoms with E-state index in [4.69, 9.17) is 9.84 Å². The third kappa shape index (κ3) is 3.45. The van der Waals surface area contributed by atoms with Gasteiger partial charge in [0.1, 0.15) is 5.75 Å².